The third-order valence-electron chi connectivity index (χ3n) is 4.13. The molecule has 1 aliphatic rings. The highest BCUT2D eigenvalue weighted by Crippen LogP contribution is 2.31. The van der Waals surface area contributed by atoms with Crippen molar-refractivity contribution in [2.24, 2.45) is 0 Å². The first-order valence-corrected chi connectivity index (χ1v) is 8.99. The lowest BCUT2D eigenvalue weighted by Gasteiger charge is -2.28. The van der Waals surface area contributed by atoms with E-state index < -0.39 is 18.0 Å². The number of fused-ring (bicyclic) bond motifs is 1. The number of amides is 2. The van der Waals surface area contributed by atoms with Crippen molar-refractivity contribution in [2.75, 3.05) is 23.4 Å². The van der Waals surface area contributed by atoms with E-state index in [4.69, 9.17) is 26.3 Å². The molecule has 0 saturated heterocycles. The molecule has 0 fully saturated rings. The second-order valence-electron chi connectivity index (χ2n) is 6.16. The molecule has 0 radical (unpaired) electrons. The van der Waals surface area contributed by atoms with Crippen LogP contribution in [0.5, 0.6) is 5.75 Å². The first-order valence-electron chi connectivity index (χ1n) is 8.61. The molecule has 1 atom stereocenters. The summed E-state index contributed by atoms with van der Waals surface area (Å²) >= 11 is 5.93. The summed E-state index contributed by atoms with van der Waals surface area (Å²) in [5, 5.41) is 11.6. The van der Waals surface area contributed by atoms with E-state index in [1.54, 1.807) is 24.3 Å². The van der Waals surface area contributed by atoms with Crippen molar-refractivity contribution in [1.29, 1.82) is 5.26 Å². The topological polar surface area (TPSA) is 109 Å². The van der Waals surface area contributed by atoms with E-state index in [1.807, 2.05) is 6.07 Å². The Bertz CT molecular complexity index is 1020. The number of nitrogens with one attached hydrogen (secondary N) is 1. The van der Waals surface area contributed by atoms with Crippen LogP contribution in [0.25, 0.3) is 0 Å². The molecule has 0 aliphatic carbocycles. The maximum absolute atomic E-state index is 12.3. The summed E-state index contributed by atoms with van der Waals surface area (Å²) < 4.78 is 10.5. The van der Waals surface area contributed by atoms with Crippen molar-refractivity contribution >= 4 is 40.8 Å². The number of anilines is 2. The van der Waals surface area contributed by atoms with Crippen molar-refractivity contribution in [2.45, 2.75) is 13.0 Å². The molecule has 148 valence electrons. The largest absolute Gasteiger partial charge is 0.482 e. The molecule has 9 heteroatoms. The van der Waals surface area contributed by atoms with E-state index in [1.165, 1.54) is 30.0 Å². The molecule has 29 heavy (non-hydrogen) atoms. The molecular formula is C20H16ClN3O5. The van der Waals surface area contributed by atoms with Crippen molar-refractivity contribution < 1.29 is 23.9 Å². The zero-order valence-electron chi connectivity index (χ0n) is 15.3. The van der Waals surface area contributed by atoms with E-state index in [0.29, 0.717) is 17.1 Å². The van der Waals surface area contributed by atoms with Crippen LogP contribution < -0.4 is 15.0 Å². The van der Waals surface area contributed by atoms with Crippen LogP contribution in [0.1, 0.15) is 12.5 Å². The highest BCUT2D eigenvalue weighted by atomic mass is 35.5. The van der Waals surface area contributed by atoms with Gasteiger partial charge in [-0.3, -0.25) is 19.3 Å². The third kappa shape index (κ3) is 4.65. The lowest BCUT2D eigenvalue weighted by Crippen LogP contribution is -2.43. The molecule has 1 N–H and O–H groups in total. The van der Waals surface area contributed by atoms with Gasteiger partial charge in [0.25, 0.3) is 11.8 Å². The fourth-order valence-electron chi connectivity index (χ4n) is 2.67. The standard InChI is InChI=1S/C20H16ClN3O5/c1-12(20(27)23-14-7-6-13(9-22)15(21)8-14)29-19(26)10-24-16-4-2-3-5-17(16)28-11-18(24)25/h2-8,12H,10-11H2,1H3,(H,23,27). The number of nitriles is 1. The highest BCUT2D eigenvalue weighted by molar-refractivity contribution is 6.32. The summed E-state index contributed by atoms with van der Waals surface area (Å²) in [4.78, 5) is 37.9. The number of carbonyl (C=O) groups excluding carboxylic acids is 3. The van der Waals surface area contributed by atoms with Gasteiger partial charge in [0.1, 0.15) is 18.4 Å². The van der Waals surface area contributed by atoms with Crippen molar-refractivity contribution in [3.05, 3.63) is 53.1 Å². The number of nitrogens with zero attached hydrogens (tertiary/aromatic N) is 2. The number of hydrogen-bond donors (Lipinski definition) is 1. The van der Waals surface area contributed by atoms with Crippen molar-refractivity contribution in [1.82, 2.24) is 0 Å². The number of esters is 1. The first kappa shape index (κ1) is 20.2. The van der Waals surface area contributed by atoms with Gasteiger partial charge < -0.3 is 14.8 Å². The van der Waals surface area contributed by atoms with Crippen LogP contribution in [0, 0.1) is 11.3 Å². The smallest absolute Gasteiger partial charge is 0.326 e. The molecule has 0 spiro atoms. The van der Waals surface area contributed by atoms with Crippen molar-refractivity contribution in [3.63, 3.8) is 0 Å². The molecule has 0 saturated carbocycles. The Kier molecular flexibility index (Phi) is 6.00. The summed E-state index contributed by atoms with van der Waals surface area (Å²) in [6.07, 6.45) is -1.11. The maximum atomic E-state index is 12.3. The minimum absolute atomic E-state index is 0.181. The number of benzene rings is 2. The van der Waals surface area contributed by atoms with E-state index in [0.717, 1.165) is 0 Å². The molecule has 1 aliphatic heterocycles. The minimum atomic E-state index is -1.11. The average Bonchev–Trinajstić information content (AvgIpc) is 2.70. The normalized spacial score (nSPS) is 13.6. The van der Waals surface area contributed by atoms with Crippen molar-refractivity contribution in [3.8, 4) is 11.8 Å². The van der Waals surface area contributed by atoms with Crippen LogP contribution in [0.15, 0.2) is 42.5 Å². The average molecular weight is 414 g/mol. The van der Waals surface area contributed by atoms with Crippen LogP contribution in [0.2, 0.25) is 5.02 Å². The third-order valence-corrected chi connectivity index (χ3v) is 4.44. The van der Waals surface area contributed by atoms with Gasteiger partial charge in [-0.05, 0) is 37.3 Å². The van der Waals surface area contributed by atoms with Gasteiger partial charge in [0.15, 0.2) is 12.7 Å². The highest BCUT2D eigenvalue weighted by Gasteiger charge is 2.28. The molecule has 0 bridgehead atoms. The Hall–Kier alpha value is -3.57. The number of halogens is 1. The van der Waals surface area contributed by atoms with Gasteiger partial charge in [-0.1, -0.05) is 23.7 Å². The Morgan fingerprint density at radius 3 is 2.83 bits per heavy atom. The van der Waals surface area contributed by atoms with Crippen LogP contribution in [-0.2, 0) is 19.1 Å². The lowest BCUT2D eigenvalue weighted by atomic mass is 10.2. The molecule has 0 aromatic heterocycles. The minimum Gasteiger partial charge on any atom is -0.482 e. The molecular weight excluding hydrogens is 398 g/mol. The van der Waals surface area contributed by atoms with Gasteiger partial charge in [-0.2, -0.15) is 5.26 Å². The van der Waals surface area contributed by atoms with Crippen LogP contribution >= 0.6 is 11.6 Å². The van der Waals surface area contributed by atoms with E-state index >= 15 is 0 Å². The Morgan fingerprint density at radius 1 is 1.34 bits per heavy atom. The molecule has 3 rings (SSSR count). The second-order valence-corrected chi connectivity index (χ2v) is 6.57. The molecule has 1 unspecified atom stereocenters. The summed E-state index contributed by atoms with van der Waals surface area (Å²) in [7, 11) is 0. The van der Waals surface area contributed by atoms with Gasteiger partial charge in [-0.15, -0.1) is 0 Å². The maximum Gasteiger partial charge on any atom is 0.326 e. The lowest BCUT2D eigenvalue weighted by molar-refractivity contribution is -0.152. The SMILES string of the molecule is CC(OC(=O)CN1C(=O)COc2ccccc21)C(=O)Nc1ccc(C#N)c(Cl)c1. The van der Waals surface area contributed by atoms with Gasteiger partial charge >= 0.3 is 5.97 Å². The quantitative estimate of drug-likeness (QED) is 0.754. The van der Waals surface area contributed by atoms with Gasteiger partial charge in [0.05, 0.1) is 16.3 Å². The summed E-state index contributed by atoms with van der Waals surface area (Å²) in [5.74, 6) is -1.21. The van der Waals surface area contributed by atoms with Crippen LogP contribution in [-0.4, -0.2) is 37.0 Å². The predicted molar refractivity (Wildman–Crippen MR) is 105 cm³/mol. The van der Waals surface area contributed by atoms with E-state index in [-0.39, 0.29) is 29.6 Å². The zero-order chi connectivity index (χ0) is 21.0. The molecule has 8 nitrogen and oxygen atoms in total. The van der Waals surface area contributed by atoms with Crippen LogP contribution in [0.4, 0.5) is 11.4 Å². The molecule has 2 aromatic rings. The molecule has 2 aromatic carbocycles. The Morgan fingerprint density at radius 2 is 2.10 bits per heavy atom. The van der Waals surface area contributed by atoms with Gasteiger partial charge in [-0.25, -0.2) is 0 Å². The summed E-state index contributed by atoms with van der Waals surface area (Å²) in [6.45, 7) is 0.882. The number of hydrogen-bond acceptors (Lipinski definition) is 6. The molecule has 1 heterocycles. The fraction of sp³-hybridized carbons (Fsp3) is 0.200. The monoisotopic (exact) mass is 413 g/mol. The second kappa shape index (κ2) is 8.63. The fourth-order valence-corrected chi connectivity index (χ4v) is 2.89. The van der Waals surface area contributed by atoms with E-state index in [9.17, 15) is 14.4 Å². The van der Waals surface area contributed by atoms with Gasteiger partial charge in [0, 0.05) is 5.69 Å². The van der Waals surface area contributed by atoms with Gasteiger partial charge in [0.2, 0.25) is 0 Å². The summed E-state index contributed by atoms with van der Waals surface area (Å²) in [5.41, 5.74) is 1.10. The Balaban J connectivity index is 1.60. The molecule has 2 amide bonds. The predicted octanol–water partition coefficient (Wildman–Crippen LogP) is 2.51. The van der Waals surface area contributed by atoms with Crippen LogP contribution in [0.3, 0.4) is 0 Å². The van der Waals surface area contributed by atoms with E-state index in [2.05, 4.69) is 5.32 Å². The number of para-hydroxylation sites is 2. The summed E-state index contributed by atoms with van der Waals surface area (Å²) in [6, 6.07) is 13.2. The number of ether oxygens (including phenoxy) is 2. The Labute approximate surface area is 171 Å². The zero-order valence-corrected chi connectivity index (χ0v) is 16.1. The number of rotatable bonds is 5. The first-order chi connectivity index (χ1) is 13.9. The number of carbonyl (C=O) groups is 3.